The number of thiazole rings is 1. The van der Waals surface area contributed by atoms with Gasteiger partial charge in [0.25, 0.3) is 0 Å². The maximum Gasteiger partial charge on any atom is 0.303 e. The van der Waals surface area contributed by atoms with Crippen molar-refractivity contribution in [2.24, 2.45) is 0 Å². The van der Waals surface area contributed by atoms with Crippen molar-refractivity contribution in [1.82, 2.24) is 9.88 Å². The van der Waals surface area contributed by atoms with Crippen LogP contribution in [0.5, 0.6) is 0 Å². The van der Waals surface area contributed by atoms with Gasteiger partial charge in [-0.25, -0.2) is 4.98 Å². The molecule has 2 rings (SSSR count). The Morgan fingerprint density at radius 3 is 2.86 bits per heavy atom. The minimum Gasteiger partial charge on any atom is -0.481 e. The first-order chi connectivity index (χ1) is 10.1. The van der Waals surface area contributed by atoms with Crippen LogP contribution in [0.15, 0.2) is 22.2 Å². The summed E-state index contributed by atoms with van der Waals surface area (Å²) in [6.45, 7) is 5.83. The molecule has 114 valence electrons. The normalized spacial score (nSPS) is 11.4. The Labute approximate surface area is 133 Å². The zero-order valence-corrected chi connectivity index (χ0v) is 13.9. The average Bonchev–Trinajstić information content (AvgIpc) is 3.07. The smallest absolute Gasteiger partial charge is 0.303 e. The van der Waals surface area contributed by atoms with E-state index in [0.29, 0.717) is 12.5 Å². The molecule has 0 aromatic carbocycles. The zero-order chi connectivity index (χ0) is 15.2. The number of aromatic nitrogens is 1. The van der Waals surface area contributed by atoms with E-state index in [1.54, 1.807) is 22.7 Å². The molecular weight excluding hydrogens is 304 g/mol. The number of carbonyl (C=O) groups is 1. The lowest BCUT2D eigenvalue weighted by Crippen LogP contribution is -2.31. The van der Waals surface area contributed by atoms with Gasteiger partial charge < -0.3 is 5.11 Å². The predicted octanol–water partition coefficient (Wildman–Crippen LogP) is 3.95. The van der Waals surface area contributed by atoms with Crippen molar-refractivity contribution in [2.75, 3.05) is 6.54 Å². The fourth-order valence-corrected chi connectivity index (χ4v) is 3.58. The molecule has 2 aromatic heterocycles. The van der Waals surface area contributed by atoms with Crippen LogP contribution in [0.2, 0.25) is 0 Å². The van der Waals surface area contributed by atoms with Gasteiger partial charge in [-0.1, -0.05) is 0 Å². The molecule has 0 saturated carbocycles. The summed E-state index contributed by atoms with van der Waals surface area (Å²) in [6.07, 6.45) is 0.898. The fraction of sp³-hybridized carbons (Fsp3) is 0.467. The summed E-state index contributed by atoms with van der Waals surface area (Å²) in [5.41, 5.74) is 2.24. The molecule has 0 atom stereocenters. The number of aliphatic carboxylic acids is 1. The number of hydrogen-bond acceptors (Lipinski definition) is 5. The lowest BCUT2D eigenvalue weighted by molar-refractivity contribution is -0.137. The standard InChI is InChI=1S/C15H20N2O2S2/c1-11(2)17(6-3-4-14(18)19)8-13-10-21-15(16-13)12-5-7-20-9-12/h5,7,9-11H,3-4,6,8H2,1-2H3,(H,18,19). The number of nitrogens with zero attached hydrogens (tertiary/aromatic N) is 2. The summed E-state index contributed by atoms with van der Waals surface area (Å²) >= 11 is 3.34. The summed E-state index contributed by atoms with van der Waals surface area (Å²) in [4.78, 5) is 17.6. The molecule has 0 aliphatic rings. The highest BCUT2D eigenvalue weighted by Crippen LogP contribution is 2.26. The van der Waals surface area contributed by atoms with E-state index in [0.717, 1.165) is 23.8 Å². The molecule has 0 bridgehead atoms. The second-order valence-electron chi connectivity index (χ2n) is 5.22. The quantitative estimate of drug-likeness (QED) is 0.799. The van der Waals surface area contributed by atoms with Gasteiger partial charge in [0.2, 0.25) is 0 Å². The van der Waals surface area contributed by atoms with Crippen LogP contribution in [0, 0.1) is 0 Å². The minimum absolute atomic E-state index is 0.223. The molecule has 0 saturated heterocycles. The SMILES string of the molecule is CC(C)N(CCCC(=O)O)Cc1csc(-c2ccsc2)n1. The maximum absolute atomic E-state index is 10.6. The minimum atomic E-state index is -0.730. The van der Waals surface area contributed by atoms with E-state index in [4.69, 9.17) is 5.11 Å². The summed E-state index contributed by atoms with van der Waals surface area (Å²) in [5, 5.41) is 16.1. The first-order valence-electron chi connectivity index (χ1n) is 6.99. The Morgan fingerprint density at radius 1 is 1.43 bits per heavy atom. The third kappa shape index (κ3) is 4.91. The fourth-order valence-electron chi connectivity index (χ4n) is 2.06. The Morgan fingerprint density at radius 2 is 2.24 bits per heavy atom. The van der Waals surface area contributed by atoms with Crippen molar-refractivity contribution in [1.29, 1.82) is 0 Å². The first-order valence-corrected chi connectivity index (χ1v) is 8.81. The molecule has 0 aliphatic carbocycles. The zero-order valence-electron chi connectivity index (χ0n) is 12.3. The number of carboxylic acids is 1. The molecule has 0 fully saturated rings. The van der Waals surface area contributed by atoms with Crippen molar-refractivity contribution in [3.63, 3.8) is 0 Å². The van der Waals surface area contributed by atoms with Crippen LogP contribution in [-0.4, -0.2) is 33.5 Å². The number of rotatable bonds is 8. The van der Waals surface area contributed by atoms with Gasteiger partial charge in [-0.15, -0.1) is 11.3 Å². The summed E-state index contributed by atoms with van der Waals surface area (Å²) in [6, 6.07) is 2.46. The molecule has 0 unspecified atom stereocenters. The molecule has 0 amide bonds. The van der Waals surface area contributed by atoms with Gasteiger partial charge in [0, 0.05) is 35.3 Å². The predicted molar refractivity (Wildman–Crippen MR) is 87.8 cm³/mol. The van der Waals surface area contributed by atoms with Gasteiger partial charge in [-0.3, -0.25) is 9.69 Å². The first kappa shape index (κ1) is 16.1. The second-order valence-corrected chi connectivity index (χ2v) is 6.86. The highest BCUT2D eigenvalue weighted by atomic mass is 32.1. The lowest BCUT2D eigenvalue weighted by atomic mass is 10.2. The van der Waals surface area contributed by atoms with Crippen LogP contribution in [0.25, 0.3) is 10.6 Å². The molecule has 21 heavy (non-hydrogen) atoms. The van der Waals surface area contributed by atoms with Gasteiger partial charge in [-0.05, 0) is 38.3 Å². The molecule has 0 spiro atoms. The van der Waals surface area contributed by atoms with Gasteiger partial charge in [0.1, 0.15) is 5.01 Å². The van der Waals surface area contributed by atoms with Crippen LogP contribution in [0.1, 0.15) is 32.4 Å². The van der Waals surface area contributed by atoms with E-state index in [1.165, 1.54) is 5.56 Å². The van der Waals surface area contributed by atoms with Crippen molar-refractivity contribution in [3.05, 3.63) is 27.9 Å². The summed E-state index contributed by atoms with van der Waals surface area (Å²) in [7, 11) is 0. The van der Waals surface area contributed by atoms with E-state index in [1.807, 2.05) is 0 Å². The molecule has 0 aliphatic heterocycles. The van der Waals surface area contributed by atoms with Crippen molar-refractivity contribution in [2.45, 2.75) is 39.3 Å². The second kappa shape index (κ2) is 7.68. The van der Waals surface area contributed by atoms with Gasteiger partial charge in [0.05, 0.1) is 5.69 Å². The summed E-state index contributed by atoms with van der Waals surface area (Å²) in [5.74, 6) is -0.730. The van der Waals surface area contributed by atoms with E-state index < -0.39 is 5.97 Å². The highest BCUT2D eigenvalue weighted by molar-refractivity contribution is 7.14. The van der Waals surface area contributed by atoms with Crippen LogP contribution in [0.4, 0.5) is 0 Å². The number of hydrogen-bond donors (Lipinski definition) is 1. The third-order valence-electron chi connectivity index (χ3n) is 3.25. The largest absolute Gasteiger partial charge is 0.481 e. The molecule has 6 heteroatoms. The Bertz CT molecular complexity index is 564. The van der Waals surface area contributed by atoms with E-state index in [2.05, 4.69) is 45.9 Å². The van der Waals surface area contributed by atoms with Gasteiger partial charge in [-0.2, -0.15) is 11.3 Å². The molecule has 0 radical (unpaired) electrons. The van der Waals surface area contributed by atoms with Crippen molar-refractivity contribution >= 4 is 28.6 Å². The van der Waals surface area contributed by atoms with Crippen molar-refractivity contribution in [3.8, 4) is 10.6 Å². The third-order valence-corrected chi connectivity index (χ3v) is 4.87. The Hall–Kier alpha value is -1.24. The number of carboxylic acid groups (broad SMARTS) is 1. The maximum atomic E-state index is 10.6. The average molecular weight is 324 g/mol. The summed E-state index contributed by atoms with van der Waals surface area (Å²) < 4.78 is 0. The molecular formula is C15H20N2O2S2. The molecule has 1 N–H and O–H groups in total. The Balaban J connectivity index is 1.95. The van der Waals surface area contributed by atoms with E-state index in [9.17, 15) is 4.79 Å². The number of thiophene rings is 1. The van der Waals surface area contributed by atoms with Gasteiger partial charge >= 0.3 is 5.97 Å². The topological polar surface area (TPSA) is 53.4 Å². The van der Waals surface area contributed by atoms with Crippen LogP contribution < -0.4 is 0 Å². The van der Waals surface area contributed by atoms with E-state index >= 15 is 0 Å². The van der Waals surface area contributed by atoms with Crippen molar-refractivity contribution < 1.29 is 9.90 Å². The molecule has 2 heterocycles. The lowest BCUT2D eigenvalue weighted by Gasteiger charge is -2.25. The van der Waals surface area contributed by atoms with Crippen LogP contribution in [0.3, 0.4) is 0 Å². The Kier molecular flexibility index (Phi) is 5.90. The van der Waals surface area contributed by atoms with E-state index in [-0.39, 0.29) is 6.42 Å². The molecule has 2 aromatic rings. The monoisotopic (exact) mass is 324 g/mol. The highest BCUT2D eigenvalue weighted by Gasteiger charge is 2.13. The van der Waals surface area contributed by atoms with Gasteiger partial charge in [0.15, 0.2) is 0 Å². The van der Waals surface area contributed by atoms with Crippen LogP contribution in [-0.2, 0) is 11.3 Å². The van der Waals surface area contributed by atoms with Crippen LogP contribution >= 0.6 is 22.7 Å². The molecule has 4 nitrogen and oxygen atoms in total.